The summed E-state index contributed by atoms with van der Waals surface area (Å²) in [4.78, 5) is 8.54. The first kappa shape index (κ1) is 31.0. The first-order valence-electron chi connectivity index (χ1n) is 14.1. The van der Waals surface area contributed by atoms with Gasteiger partial charge < -0.3 is 9.13 Å². The zero-order valence-electron chi connectivity index (χ0n) is 25.6. The van der Waals surface area contributed by atoms with Crippen LogP contribution in [-0.2, 0) is 32.4 Å². The summed E-state index contributed by atoms with van der Waals surface area (Å²) in [7, 11) is 0. The molecule has 0 spiro atoms. The molecule has 4 rings (SSSR count). The van der Waals surface area contributed by atoms with Crippen molar-refractivity contribution in [2.24, 2.45) is 0 Å². The summed E-state index contributed by atoms with van der Waals surface area (Å²) in [5, 5.41) is 23.9. The van der Waals surface area contributed by atoms with Crippen LogP contribution in [-0.4, -0.2) is 29.5 Å². The first-order chi connectivity index (χ1) is 19.7. The molecule has 214 valence electrons. The van der Waals surface area contributed by atoms with Gasteiger partial charge in [0.1, 0.15) is 22.8 Å². The van der Waals surface area contributed by atoms with Gasteiger partial charge >= 0.3 is 12.1 Å². The SMILES string of the molecule is CCc1cc(CC)c(Cn2ccnc2C)c(CC)c1C#[N+]O.Cc1cc(C)c(Cn2ccnc2C)c(C)c1C#[N+]O. The van der Waals surface area contributed by atoms with Crippen LogP contribution >= 0.6 is 0 Å². The van der Waals surface area contributed by atoms with Gasteiger partial charge in [0.25, 0.3) is 0 Å². The molecule has 0 radical (unpaired) electrons. The van der Waals surface area contributed by atoms with E-state index in [1.54, 1.807) is 6.20 Å². The molecule has 2 aromatic carbocycles. The Bertz CT molecular complexity index is 1640. The summed E-state index contributed by atoms with van der Waals surface area (Å²) in [5.41, 5.74) is 11.5. The highest BCUT2D eigenvalue weighted by molar-refractivity contribution is 5.54. The van der Waals surface area contributed by atoms with Gasteiger partial charge in [-0.05, 0) is 98.4 Å². The molecular formula is C33H42N6O2+2. The molecule has 8 heteroatoms. The maximum atomic E-state index is 8.98. The van der Waals surface area contributed by atoms with Gasteiger partial charge in [-0.15, -0.1) is 0 Å². The van der Waals surface area contributed by atoms with Gasteiger partial charge in [-0.1, -0.05) is 32.9 Å². The number of hydrogen-bond donors (Lipinski definition) is 2. The third-order valence-corrected chi connectivity index (χ3v) is 7.80. The monoisotopic (exact) mass is 554 g/mol. The molecule has 0 aliphatic heterocycles. The van der Waals surface area contributed by atoms with Gasteiger partial charge in [-0.2, -0.15) is 10.4 Å². The molecule has 8 nitrogen and oxygen atoms in total. The Kier molecular flexibility index (Phi) is 10.7. The Labute approximate surface area is 243 Å². The molecule has 0 unspecified atom stereocenters. The van der Waals surface area contributed by atoms with Crippen LogP contribution in [0.2, 0.25) is 0 Å². The summed E-state index contributed by atoms with van der Waals surface area (Å²) in [6.07, 6.45) is 10.4. The molecule has 0 fully saturated rings. The standard InChI is InChI=1S/C18H23N3O.C15H17N3O/c1-5-14-10-15(6-2)18(12-21-9-8-19-13(21)4)16(7-3)17(14)11-20-22;1-10-7-11(2)15(12(3)14(10)8-17-19)9-18-6-5-16-13(18)4/h8-10H,5-7,12H2,1-4H3;5-7H,9H2,1-4H3/p+2. The molecular weight excluding hydrogens is 512 g/mol. The smallest absolute Gasteiger partial charge is 0.331 e. The zero-order chi connectivity index (χ0) is 30.1. The average Bonchev–Trinajstić information content (AvgIpc) is 3.56. The fourth-order valence-electron chi connectivity index (χ4n) is 5.45. The minimum absolute atomic E-state index is 0.768. The van der Waals surface area contributed by atoms with Crippen molar-refractivity contribution in [3.63, 3.8) is 0 Å². The van der Waals surface area contributed by atoms with Crippen LogP contribution in [0.25, 0.3) is 10.0 Å². The molecule has 0 saturated carbocycles. The van der Waals surface area contributed by atoms with Crippen LogP contribution in [0.3, 0.4) is 0 Å². The quantitative estimate of drug-likeness (QED) is 0.236. The third kappa shape index (κ3) is 6.96. The molecule has 0 amide bonds. The van der Waals surface area contributed by atoms with Crippen molar-refractivity contribution in [2.45, 2.75) is 87.7 Å². The van der Waals surface area contributed by atoms with E-state index in [9.17, 15) is 0 Å². The second kappa shape index (κ2) is 14.2. The average molecular weight is 555 g/mol. The molecule has 0 aliphatic rings. The Morgan fingerprint density at radius 1 is 0.659 bits per heavy atom. The van der Waals surface area contributed by atoms with E-state index in [0.29, 0.717) is 0 Å². The molecule has 2 aromatic heterocycles. The summed E-state index contributed by atoms with van der Waals surface area (Å²) >= 11 is 0. The minimum atomic E-state index is 0.768. The lowest BCUT2D eigenvalue weighted by Gasteiger charge is -2.18. The minimum Gasteiger partial charge on any atom is -0.331 e. The summed E-state index contributed by atoms with van der Waals surface area (Å²) in [6, 6.07) is 9.78. The van der Waals surface area contributed by atoms with Gasteiger partial charge in [-0.3, -0.25) is 0 Å². The van der Waals surface area contributed by atoms with E-state index in [2.05, 4.69) is 81.1 Å². The Hall–Kier alpha value is -4.56. The van der Waals surface area contributed by atoms with Gasteiger partial charge in [-0.25, -0.2) is 9.97 Å². The molecule has 0 aliphatic carbocycles. The van der Waals surface area contributed by atoms with Gasteiger partial charge in [0.2, 0.25) is 10.0 Å². The highest BCUT2D eigenvalue weighted by Gasteiger charge is 2.19. The van der Waals surface area contributed by atoms with Crippen molar-refractivity contribution in [1.29, 1.82) is 0 Å². The lowest BCUT2D eigenvalue weighted by molar-refractivity contribution is 0.464. The predicted octanol–water partition coefficient (Wildman–Crippen LogP) is 7.23. The lowest BCUT2D eigenvalue weighted by Crippen LogP contribution is -2.10. The number of rotatable bonds is 7. The molecule has 2 heterocycles. The second-order valence-corrected chi connectivity index (χ2v) is 10.2. The zero-order valence-corrected chi connectivity index (χ0v) is 25.6. The molecule has 2 N–H and O–H groups in total. The van der Waals surface area contributed by atoms with Crippen molar-refractivity contribution in [3.8, 4) is 12.1 Å². The van der Waals surface area contributed by atoms with E-state index in [-0.39, 0.29) is 0 Å². The topological polar surface area (TPSA) is 84.8 Å². The lowest BCUT2D eigenvalue weighted by atomic mass is 9.88. The highest BCUT2D eigenvalue weighted by Crippen LogP contribution is 2.27. The number of nitrogens with zero attached hydrogens (tertiary/aromatic N) is 6. The van der Waals surface area contributed by atoms with E-state index in [1.807, 2.05) is 46.3 Å². The molecule has 0 saturated heterocycles. The number of aryl methyl sites for hydroxylation is 6. The van der Waals surface area contributed by atoms with Gasteiger partial charge in [0.05, 0.1) is 0 Å². The molecule has 4 aromatic rings. The number of hydrogen-bond acceptors (Lipinski definition) is 4. The summed E-state index contributed by atoms with van der Waals surface area (Å²) in [6.45, 7) is 18.1. The summed E-state index contributed by atoms with van der Waals surface area (Å²) < 4.78 is 4.25. The number of benzene rings is 2. The van der Waals surface area contributed by atoms with Crippen LogP contribution in [0.1, 0.15) is 88.1 Å². The van der Waals surface area contributed by atoms with Crippen LogP contribution in [0.15, 0.2) is 36.9 Å². The summed E-state index contributed by atoms with van der Waals surface area (Å²) in [5.74, 6) is 1.99. The number of aromatic nitrogens is 4. The Balaban J connectivity index is 0.000000228. The normalized spacial score (nSPS) is 10.2. The molecule has 0 bridgehead atoms. The van der Waals surface area contributed by atoms with E-state index in [1.165, 1.54) is 33.4 Å². The highest BCUT2D eigenvalue weighted by atomic mass is 16.4. The van der Waals surface area contributed by atoms with E-state index in [4.69, 9.17) is 10.4 Å². The molecule has 0 atom stereocenters. The second-order valence-electron chi connectivity index (χ2n) is 10.2. The van der Waals surface area contributed by atoms with E-state index < -0.39 is 0 Å². The van der Waals surface area contributed by atoms with E-state index >= 15 is 0 Å². The van der Waals surface area contributed by atoms with Crippen molar-refractivity contribution in [2.75, 3.05) is 0 Å². The van der Waals surface area contributed by atoms with Crippen LogP contribution in [0.5, 0.6) is 0 Å². The van der Waals surface area contributed by atoms with Crippen LogP contribution in [0.4, 0.5) is 0 Å². The Morgan fingerprint density at radius 3 is 1.66 bits per heavy atom. The Morgan fingerprint density at radius 2 is 1.20 bits per heavy atom. The largest absolute Gasteiger partial charge is 0.388 e. The van der Waals surface area contributed by atoms with Crippen molar-refractivity contribution in [3.05, 3.63) is 114 Å². The van der Waals surface area contributed by atoms with Gasteiger partial charge in [0.15, 0.2) is 0 Å². The van der Waals surface area contributed by atoms with Crippen molar-refractivity contribution >= 4 is 0 Å². The van der Waals surface area contributed by atoms with Crippen LogP contribution < -0.4 is 0 Å². The molecule has 41 heavy (non-hydrogen) atoms. The van der Waals surface area contributed by atoms with Crippen LogP contribution in [0, 0.1) is 46.8 Å². The first-order valence-corrected chi connectivity index (χ1v) is 14.1. The predicted molar refractivity (Wildman–Crippen MR) is 164 cm³/mol. The van der Waals surface area contributed by atoms with Gasteiger partial charge in [0, 0.05) is 37.9 Å². The maximum absolute atomic E-state index is 8.98. The van der Waals surface area contributed by atoms with Crippen molar-refractivity contribution < 1.29 is 10.4 Å². The van der Waals surface area contributed by atoms with Crippen molar-refractivity contribution in [1.82, 2.24) is 19.1 Å². The third-order valence-electron chi connectivity index (χ3n) is 7.80. The maximum Gasteiger partial charge on any atom is 0.388 e. The fourth-order valence-corrected chi connectivity index (χ4v) is 5.45. The fraction of sp³-hybridized carbons (Fsp3) is 0.394. The number of imidazole rings is 2. The van der Waals surface area contributed by atoms with E-state index in [0.717, 1.165) is 66.3 Å².